The lowest BCUT2D eigenvalue weighted by atomic mass is 9.75. The maximum Gasteiger partial charge on any atom is 0.327 e. The molecule has 2 rings (SSSR count). The second kappa shape index (κ2) is 5.32. The maximum absolute atomic E-state index is 13.5. The normalized spacial score (nSPS) is 16.9. The van der Waals surface area contributed by atoms with E-state index in [-0.39, 0.29) is 11.2 Å². The smallest absolute Gasteiger partial charge is 0.327 e. The van der Waals surface area contributed by atoms with Crippen molar-refractivity contribution < 1.29 is 13.7 Å². The standard InChI is InChI=1S/C13H17F2N3O2/c1-17(2)13(4-3-5-13)8-16-11-7-9(14)6-10(15)12(11)18(19)20/h6-7,16H,3-5,8H2,1-2H3. The van der Waals surface area contributed by atoms with E-state index in [9.17, 15) is 18.9 Å². The molecule has 1 aliphatic carbocycles. The monoisotopic (exact) mass is 285 g/mol. The number of anilines is 1. The number of likely N-dealkylation sites (N-methyl/N-ethyl adjacent to an activating group) is 1. The number of nitrogens with one attached hydrogen (secondary N) is 1. The highest BCUT2D eigenvalue weighted by molar-refractivity contribution is 5.62. The predicted molar refractivity (Wildman–Crippen MR) is 71.8 cm³/mol. The summed E-state index contributed by atoms with van der Waals surface area (Å²) in [6.45, 7) is 0.420. The van der Waals surface area contributed by atoms with Crippen LogP contribution in [0.5, 0.6) is 0 Å². The van der Waals surface area contributed by atoms with Crippen LogP contribution in [0.2, 0.25) is 0 Å². The number of nitro groups is 1. The third kappa shape index (κ3) is 2.58. The Labute approximate surface area is 115 Å². The van der Waals surface area contributed by atoms with E-state index in [1.807, 2.05) is 19.0 Å². The number of nitrogens with zero attached hydrogens (tertiary/aromatic N) is 2. The van der Waals surface area contributed by atoms with Gasteiger partial charge in [0, 0.05) is 24.2 Å². The van der Waals surface area contributed by atoms with E-state index in [1.54, 1.807) is 0 Å². The van der Waals surface area contributed by atoms with Crippen LogP contribution in [0.4, 0.5) is 20.2 Å². The fraction of sp³-hybridized carbons (Fsp3) is 0.538. The molecule has 1 fully saturated rings. The highest BCUT2D eigenvalue weighted by Crippen LogP contribution is 2.37. The van der Waals surface area contributed by atoms with Gasteiger partial charge in [-0.1, -0.05) is 0 Å². The van der Waals surface area contributed by atoms with Gasteiger partial charge in [0.2, 0.25) is 5.82 Å². The fourth-order valence-electron chi connectivity index (χ4n) is 2.51. The van der Waals surface area contributed by atoms with Crippen molar-refractivity contribution in [3.05, 3.63) is 33.9 Å². The molecule has 0 aliphatic heterocycles. The van der Waals surface area contributed by atoms with Crippen LogP contribution < -0.4 is 5.32 Å². The Bertz CT molecular complexity index is 531. The summed E-state index contributed by atoms with van der Waals surface area (Å²) in [6.07, 6.45) is 3.00. The van der Waals surface area contributed by atoms with Gasteiger partial charge in [0.15, 0.2) is 0 Å². The SMILES string of the molecule is CN(C)C1(CNc2cc(F)cc(F)c2[N+](=O)[O-])CCC1. The molecule has 1 aliphatic rings. The number of hydrogen-bond donors (Lipinski definition) is 1. The first-order valence-corrected chi connectivity index (χ1v) is 6.40. The van der Waals surface area contributed by atoms with Crippen molar-refractivity contribution in [1.82, 2.24) is 4.90 Å². The van der Waals surface area contributed by atoms with Gasteiger partial charge in [-0.25, -0.2) is 4.39 Å². The minimum Gasteiger partial charge on any atom is -0.377 e. The Hall–Kier alpha value is -1.76. The number of rotatable bonds is 5. The predicted octanol–water partition coefficient (Wildman–Crippen LogP) is 2.77. The molecule has 1 N–H and O–H groups in total. The first kappa shape index (κ1) is 14.6. The lowest BCUT2D eigenvalue weighted by Gasteiger charge is -2.47. The topological polar surface area (TPSA) is 58.4 Å². The minimum atomic E-state index is -1.16. The number of hydrogen-bond acceptors (Lipinski definition) is 4. The Morgan fingerprint density at radius 3 is 2.50 bits per heavy atom. The van der Waals surface area contributed by atoms with Crippen LogP contribution in [-0.4, -0.2) is 36.0 Å². The highest BCUT2D eigenvalue weighted by Gasteiger charge is 2.39. The molecule has 0 heterocycles. The van der Waals surface area contributed by atoms with Crippen LogP contribution in [0.3, 0.4) is 0 Å². The number of halogens is 2. The average molecular weight is 285 g/mol. The molecule has 0 saturated heterocycles. The molecule has 7 heteroatoms. The summed E-state index contributed by atoms with van der Waals surface area (Å²) in [5.74, 6) is -1.99. The molecule has 1 aromatic rings. The zero-order valence-electron chi connectivity index (χ0n) is 11.4. The number of nitro benzene ring substituents is 1. The summed E-state index contributed by atoms with van der Waals surface area (Å²) in [5.41, 5.74) is -0.920. The first-order chi connectivity index (χ1) is 9.35. The first-order valence-electron chi connectivity index (χ1n) is 6.40. The molecule has 0 amide bonds. The van der Waals surface area contributed by atoms with Crippen molar-refractivity contribution in [2.24, 2.45) is 0 Å². The highest BCUT2D eigenvalue weighted by atomic mass is 19.1. The summed E-state index contributed by atoms with van der Waals surface area (Å²) in [7, 11) is 3.86. The van der Waals surface area contributed by atoms with Crippen LogP contribution >= 0.6 is 0 Å². The van der Waals surface area contributed by atoms with Gasteiger partial charge >= 0.3 is 5.69 Å². The van der Waals surface area contributed by atoms with Crippen LogP contribution in [0.25, 0.3) is 0 Å². The molecule has 0 spiro atoms. The van der Waals surface area contributed by atoms with Gasteiger partial charge in [0.1, 0.15) is 11.5 Å². The van der Waals surface area contributed by atoms with E-state index in [0.717, 1.165) is 25.3 Å². The number of benzene rings is 1. The van der Waals surface area contributed by atoms with Crippen molar-refractivity contribution in [2.75, 3.05) is 26.0 Å². The molecule has 1 aromatic carbocycles. The van der Waals surface area contributed by atoms with E-state index in [4.69, 9.17) is 0 Å². The molecule has 0 radical (unpaired) electrons. The molecule has 0 unspecified atom stereocenters. The van der Waals surface area contributed by atoms with Crippen LogP contribution in [0.1, 0.15) is 19.3 Å². The largest absolute Gasteiger partial charge is 0.377 e. The van der Waals surface area contributed by atoms with E-state index in [0.29, 0.717) is 12.6 Å². The van der Waals surface area contributed by atoms with Crippen molar-refractivity contribution >= 4 is 11.4 Å². The zero-order valence-corrected chi connectivity index (χ0v) is 11.4. The van der Waals surface area contributed by atoms with E-state index in [1.165, 1.54) is 0 Å². The van der Waals surface area contributed by atoms with Gasteiger partial charge in [-0.3, -0.25) is 10.1 Å². The molecular formula is C13H17F2N3O2. The summed E-state index contributed by atoms with van der Waals surface area (Å²) in [6, 6.07) is 1.48. The molecule has 0 atom stereocenters. The Kier molecular flexibility index (Phi) is 3.89. The van der Waals surface area contributed by atoms with Crippen molar-refractivity contribution in [3.8, 4) is 0 Å². The molecule has 1 saturated carbocycles. The van der Waals surface area contributed by atoms with Gasteiger partial charge in [0.05, 0.1) is 4.92 Å². The third-order valence-corrected chi connectivity index (χ3v) is 4.05. The molecule has 20 heavy (non-hydrogen) atoms. The van der Waals surface area contributed by atoms with Gasteiger partial charge in [-0.2, -0.15) is 4.39 Å². The second-order valence-corrected chi connectivity index (χ2v) is 5.37. The third-order valence-electron chi connectivity index (χ3n) is 4.05. The van der Waals surface area contributed by atoms with Crippen molar-refractivity contribution in [3.63, 3.8) is 0 Å². The van der Waals surface area contributed by atoms with Crippen LogP contribution in [0.15, 0.2) is 12.1 Å². The molecule has 0 aromatic heterocycles. The molecule has 5 nitrogen and oxygen atoms in total. The summed E-state index contributed by atoms with van der Waals surface area (Å²) >= 11 is 0. The van der Waals surface area contributed by atoms with E-state index >= 15 is 0 Å². The second-order valence-electron chi connectivity index (χ2n) is 5.37. The Morgan fingerprint density at radius 1 is 1.40 bits per heavy atom. The summed E-state index contributed by atoms with van der Waals surface area (Å²) in [5, 5.41) is 13.7. The summed E-state index contributed by atoms with van der Waals surface area (Å²) in [4.78, 5) is 12.1. The van der Waals surface area contributed by atoms with Crippen LogP contribution in [0, 0.1) is 21.7 Å². The lowest BCUT2D eigenvalue weighted by Crippen LogP contribution is -2.54. The van der Waals surface area contributed by atoms with Gasteiger partial charge in [0.25, 0.3) is 0 Å². The van der Waals surface area contributed by atoms with Gasteiger partial charge in [-0.05, 0) is 33.4 Å². The van der Waals surface area contributed by atoms with E-state index in [2.05, 4.69) is 5.32 Å². The zero-order chi connectivity index (χ0) is 14.9. The Morgan fingerprint density at radius 2 is 2.05 bits per heavy atom. The minimum absolute atomic E-state index is 0.101. The van der Waals surface area contributed by atoms with Crippen molar-refractivity contribution in [2.45, 2.75) is 24.8 Å². The Balaban J connectivity index is 2.23. The fourth-order valence-corrected chi connectivity index (χ4v) is 2.51. The van der Waals surface area contributed by atoms with E-state index < -0.39 is 22.2 Å². The molecular weight excluding hydrogens is 268 g/mol. The molecule has 110 valence electrons. The lowest BCUT2D eigenvalue weighted by molar-refractivity contribution is -0.386. The quantitative estimate of drug-likeness (QED) is 0.667. The van der Waals surface area contributed by atoms with Crippen LogP contribution in [-0.2, 0) is 0 Å². The average Bonchev–Trinajstić information content (AvgIpc) is 2.25. The summed E-state index contributed by atoms with van der Waals surface area (Å²) < 4.78 is 26.7. The molecule has 0 bridgehead atoms. The maximum atomic E-state index is 13.5. The van der Waals surface area contributed by atoms with Gasteiger partial charge in [-0.15, -0.1) is 0 Å². The van der Waals surface area contributed by atoms with Crippen molar-refractivity contribution in [1.29, 1.82) is 0 Å². The van der Waals surface area contributed by atoms with Gasteiger partial charge < -0.3 is 10.2 Å².